The van der Waals surface area contributed by atoms with Crippen molar-refractivity contribution in [1.29, 1.82) is 0 Å². The maximum atomic E-state index is 7.33. The van der Waals surface area contributed by atoms with Crippen molar-refractivity contribution < 1.29 is 23.7 Å². The topological polar surface area (TPSA) is 46.2 Å². The molecule has 7 rings (SSSR count). The molecule has 0 bridgehead atoms. The lowest BCUT2D eigenvalue weighted by Gasteiger charge is -2.38. The molecule has 0 fully saturated rings. The number of ether oxygens (including phenoxy) is 5. The van der Waals surface area contributed by atoms with Crippen LogP contribution in [0.5, 0.6) is 28.7 Å². The van der Waals surface area contributed by atoms with Gasteiger partial charge in [-0.15, -0.1) is 0 Å². The Morgan fingerprint density at radius 2 is 1.24 bits per heavy atom. The lowest BCUT2D eigenvalue weighted by atomic mass is 9.81. The normalized spacial score (nSPS) is 15.8. The number of benzene rings is 5. The molecule has 2 aliphatic rings. The average Bonchev–Trinajstić information content (AvgIpc) is 3.36. The van der Waals surface area contributed by atoms with Crippen LogP contribution in [-0.2, 0) is 5.60 Å². The quantitative estimate of drug-likeness (QED) is 0.210. The zero-order chi connectivity index (χ0) is 29.0. The molecule has 0 N–H and O–H groups in total. The van der Waals surface area contributed by atoms with Gasteiger partial charge in [-0.3, -0.25) is 0 Å². The Bertz CT molecular complexity index is 1800. The Balaban J connectivity index is 1.55. The standard InChI is InChI=1S/C37H32O5/c1-22-27-8-6-7-9-28(27)35-30-20-32(40-4)33(41-5)21-31(30)36-29(34(22)35)18-19-37(42-36,23-10-14-25(38-2)15-11-23)24-12-16-26(39-3)17-13-24/h6-22H,1-5H3. The van der Waals surface area contributed by atoms with Crippen molar-refractivity contribution in [3.63, 3.8) is 0 Å². The van der Waals surface area contributed by atoms with Gasteiger partial charge in [0.15, 0.2) is 17.1 Å². The van der Waals surface area contributed by atoms with E-state index >= 15 is 0 Å². The van der Waals surface area contributed by atoms with E-state index in [-0.39, 0.29) is 5.92 Å². The first-order valence-corrected chi connectivity index (χ1v) is 14.0. The molecule has 1 aliphatic heterocycles. The molecule has 0 spiro atoms. The molecule has 0 aromatic heterocycles. The van der Waals surface area contributed by atoms with Crippen LogP contribution in [0.15, 0.2) is 91.0 Å². The first-order chi connectivity index (χ1) is 20.5. The number of methoxy groups -OCH3 is 4. The van der Waals surface area contributed by atoms with Gasteiger partial charge in [-0.1, -0.05) is 61.5 Å². The summed E-state index contributed by atoms with van der Waals surface area (Å²) in [4.78, 5) is 0. The minimum absolute atomic E-state index is 0.199. The molecule has 0 saturated heterocycles. The third-order valence-electron chi connectivity index (χ3n) is 8.76. The number of rotatable bonds is 6. The van der Waals surface area contributed by atoms with E-state index in [9.17, 15) is 0 Å². The van der Waals surface area contributed by atoms with Crippen LogP contribution in [0.1, 0.15) is 40.7 Å². The number of fused-ring (bicyclic) bond motifs is 8. The van der Waals surface area contributed by atoms with Crippen LogP contribution in [0.4, 0.5) is 0 Å². The molecule has 1 unspecified atom stereocenters. The van der Waals surface area contributed by atoms with Crippen LogP contribution in [0.3, 0.4) is 0 Å². The molecule has 42 heavy (non-hydrogen) atoms. The van der Waals surface area contributed by atoms with Crippen molar-refractivity contribution >= 4 is 16.8 Å². The number of hydrogen-bond acceptors (Lipinski definition) is 5. The van der Waals surface area contributed by atoms with E-state index in [0.717, 1.165) is 44.7 Å². The fraction of sp³-hybridized carbons (Fsp3) is 0.189. The minimum Gasteiger partial charge on any atom is -0.497 e. The van der Waals surface area contributed by atoms with Crippen molar-refractivity contribution in [1.82, 2.24) is 0 Å². The lowest BCUT2D eigenvalue weighted by molar-refractivity contribution is 0.163. The van der Waals surface area contributed by atoms with Gasteiger partial charge in [-0.05, 0) is 70.1 Å². The summed E-state index contributed by atoms with van der Waals surface area (Å²) < 4.78 is 29.9. The van der Waals surface area contributed by atoms with Gasteiger partial charge in [-0.2, -0.15) is 0 Å². The highest BCUT2D eigenvalue weighted by Gasteiger charge is 2.41. The zero-order valence-corrected chi connectivity index (χ0v) is 24.4. The third kappa shape index (κ3) is 3.69. The Labute approximate surface area is 245 Å². The van der Waals surface area contributed by atoms with E-state index in [1.54, 1.807) is 28.4 Å². The predicted octanol–water partition coefficient (Wildman–Crippen LogP) is 8.36. The van der Waals surface area contributed by atoms with Crippen molar-refractivity contribution in [3.05, 3.63) is 119 Å². The summed E-state index contributed by atoms with van der Waals surface area (Å²) in [6, 6.07) is 29.0. The fourth-order valence-corrected chi connectivity index (χ4v) is 6.64. The third-order valence-corrected chi connectivity index (χ3v) is 8.76. The van der Waals surface area contributed by atoms with E-state index in [1.165, 1.54) is 22.3 Å². The molecule has 5 aromatic carbocycles. The van der Waals surface area contributed by atoms with Gasteiger partial charge in [0.1, 0.15) is 17.2 Å². The SMILES string of the molecule is COc1ccc(C2(c3ccc(OC)cc3)C=Cc3c4c(c5cc(OC)c(OC)cc5c3O2)-c2ccccc2C4C)cc1. The summed E-state index contributed by atoms with van der Waals surface area (Å²) in [5.41, 5.74) is 7.22. The summed E-state index contributed by atoms with van der Waals surface area (Å²) in [7, 11) is 6.70. The zero-order valence-electron chi connectivity index (χ0n) is 24.4. The van der Waals surface area contributed by atoms with Gasteiger partial charge in [-0.25, -0.2) is 0 Å². The van der Waals surface area contributed by atoms with Crippen LogP contribution in [-0.4, -0.2) is 28.4 Å². The predicted molar refractivity (Wildman–Crippen MR) is 166 cm³/mol. The van der Waals surface area contributed by atoms with Crippen molar-refractivity contribution in [2.24, 2.45) is 0 Å². The highest BCUT2D eigenvalue weighted by Crippen LogP contribution is 2.57. The van der Waals surface area contributed by atoms with Crippen LogP contribution in [0, 0.1) is 0 Å². The van der Waals surface area contributed by atoms with Gasteiger partial charge >= 0.3 is 0 Å². The number of hydrogen-bond donors (Lipinski definition) is 0. The van der Waals surface area contributed by atoms with Crippen LogP contribution in [0.25, 0.3) is 28.0 Å². The molecule has 5 nitrogen and oxygen atoms in total. The molecule has 1 heterocycles. The molecule has 1 atom stereocenters. The van der Waals surface area contributed by atoms with Gasteiger partial charge in [0, 0.05) is 28.0 Å². The maximum absolute atomic E-state index is 7.33. The van der Waals surface area contributed by atoms with E-state index in [2.05, 4.69) is 73.7 Å². The second-order valence-electron chi connectivity index (χ2n) is 10.7. The average molecular weight is 557 g/mol. The van der Waals surface area contributed by atoms with Gasteiger partial charge in [0.2, 0.25) is 0 Å². The van der Waals surface area contributed by atoms with Crippen molar-refractivity contribution in [2.75, 3.05) is 28.4 Å². The van der Waals surface area contributed by atoms with E-state index in [4.69, 9.17) is 23.7 Å². The van der Waals surface area contributed by atoms with E-state index in [1.807, 2.05) is 30.3 Å². The minimum atomic E-state index is -0.894. The van der Waals surface area contributed by atoms with Crippen LogP contribution >= 0.6 is 0 Å². The van der Waals surface area contributed by atoms with Crippen LogP contribution < -0.4 is 23.7 Å². The Morgan fingerprint density at radius 1 is 0.667 bits per heavy atom. The fourth-order valence-electron chi connectivity index (χ4n) is 6.64. The molecule has 1 aliphatic carbocycles. The molecule has 210 valence electrons. The molecule has 5 heteroatoms. The van der Waals surface area contributed by atoms with Gasteiger partial charge in [0.25, 0.3) is 0 Å². The monoisotopic (exact) mass is 556 g/mol. The second kappa shape index (κ2) is 9.88. The Hall–Kier alpha value is -4.90. The van der Waals surface area contributed by atoms with E-state index < -0.39 is 5.60 Å². The maximum Gasteiger partial charge on any atom is 0.178 e. The van der Waals surface area contributed by atoms with Gasteiger partial charge < -0.3 is 23.7 Å². The smallest absolute Gasteiger partial charge is 0.178 e. The van der Waals surface area contributed by atoms with Crippen molar-refractivity contribution in [3.8, 4) is 39.9 Å². The lowest BCUT2D eigenvalue weighted by Crippen LogP contribution is -2.34. The molecule has 0 radical (unpaired) electrons. The molecular formula is C37H32O5. The summed E-state index contributed by atoms with van der Waals surface area (Å²) >= 11 is 0. The summed E-state index contributed by atoms with van der Waals surface area (Å²) in [5.74, 6) is 3.94. The summed E-state index contributed by atoms with van der Waals surface area (Å²) in [5, 5.41) is 2.05. The molecule has 0 saturated carbocycles. The second-order valence-corrected chi connectivity index (χ2v) is 10.7. The molecular weight excluding hydrogens is 524 g/mol. The Kier molecular flexibility index (Phi) is 6.12. The first kappa shape index (κ1) is 26.0. The summed E-state index contributed by atoms with van der Waals surface area (Å²) in [6.45, 7) is 2.28. The molecule has 5 aromatic rings. The van der Waals surface area contributed by atoms with E-state index in [0.29, 0.717) is 11.5 Å². The Morgan fingerprint density at radius 3 is 1.81 bits per heavy atom. The van der Waals surface area contributed by atoms with Crippen LogP contribution in [0.2, 0.25) is 0 Å². The summed E-state index contributed by atoms with van der Waals surface area (Å²) in [6.07, 6.45) is 4.42. The molecule has 0 amide bonds. The largest absolute Gasteiger partial charge is 0.497 e. The highest BCUT2D eigenvalue weighted by atomic mass is 16.5. The van der Waals surface area contributed by atoms with Gasteiger partial charge in [0.05, 0.1) is 28.4 Å². The first-order valence-electron chi connectivity index (χ1n) is 14.0. The van der Waals surface area contributed by atoms with Crippen molar-refractivity contribution in [2.45, 2.75) is 18.4 Å². The highest BCUT2D eigenvalue weighted by molar-refractivity contribution is 6.09.